The molecule has 5 unspecified atom stereocenters. The van der Waals surface area contributed by atoms with Crippen LogP contribution in [0, 0.1) is 0 Å². The van der Waals surface area contributed by atoms with Gasteiger partial charge >= 0.3 is 0 Å². The van der Waals surface area contributed by atoms with E-state index in [1.165, 1.54) is 5.56 Å². The highest BCUT2D eigenvalue weighted by Gasteiger charge is 2.58. The average molecular weight is 841 g/mol. The number of ether oxygens (including phenoxy) is 7. The topological polar surface area (TPSA) is 84.8 Å². The van der Waals surface area contributed by atoms with Gasteiger partial charge in [-0.25, -0.2) is 0 Å². The quantitative estimate of drug-likeness (QED) is 0.0916. The number of halogens is 1. The molecule has 2 fully saturated rings. The lowest BCUT2D eigenvalue weighted by molar-refractivity contribution is -0.379. The van der Waals surface area contributed by atoms with Crippen LogP contribution in [0.1, 0.15) is 63.3 Å². The van der Waals surface area contributed by atoms with Gasteiger partial charge in [-0.3, -0.25) is 0 Å². The van der Waals surface area contributed by atoms with E-state index in [2.05, 4.69) is 31.2 Å². The van der Waals surface area contributed by atoms with Gasteiger partial charge in [0, 0.05) is 16.1 Å². The molecular weight excluding hydrogens is 788 g/mol. The van der Waals surface area contributed by atoms with Crippen molar-refractivity contribution in [3.8, 4) is 0 Å². The van der Waals surface area contributed by atoms with Crippen molar-refractivity contribution < 1.29 is 38.3 Å². The third-order valence-electron chi connectivity index (χ3n) is 11.2. The first-order valence-corrected chi connectivity index (χ1v) is 21.5. The van der Waals surface area contributed by atoms with Gasteiger partial charge in [-0.05, 0) is 63.9 Å². The van der Waals surface area contributed by atoms with Crippen molar-refractivity contribution in [2.24, 2.45) is 0 Å². The molecule has 8 nitrogen and oxygen atoms in total. The van der Waals surface area contributed by atoms with Gasteiger partial charge in [0.1, 0.15) is 24.4 Å². The number of aliphatic hydroxyl groups is 1. The third kappa shape index (κ3) is 10.9. The van der Waals surface area contributed by atoms with Crippen LogP contribution >= 0.6 is 11.6 Å². The summed E-state index contributed by atoms with van der Waals surface area (Å²) in [4.78, 5) is 0. The van der Waals surface area contributed by atoms with Crippen LogP contribution in [-0.2, 0) is 78.2 Å². The molecule has 0 bridgehead atoms. The highest BCUT2D eigenvalue weighted by Crippen LogP contribution is 2.46. The Kier molecular flexibility index (Phi) is 14.7. The molecule has 0 saturated carbocycles. The Morgan fingerprint density at radius 1 is 0.590 bits per heavy atom. The van der Waals surface area contributed by atoms with Crippen LogP contribution in [0.2, 0.25) is 5.02 Å². The second-order valence-electron chi connectivity index (χ2n) is 15.5. The summed E-state index contributed by atoms with van der Waals surface area (Å²) in [5.41, 5.74) is 7.91. The van der Waals surface area contributed by atoms with Crippen LogP contribution in [0.15, 0.2) is 158 Å². The zero-order valence-electron chi connectivity index (χ0n) is 34.4. The molecule has 0 radical (unpaired) electrons. The molecule has 1 N–H and O–H groups in total. The maximum atomic E-state index is 13.7. The van der Waals surface area contributed by atoms with Gasteiger partial charge < -0.3 is 38.3 Å². The van der Waals surface area contributed by atoms with Gasteiger partial charge in [-0.2, -0.15) is 0 Å². The van der Waals surface area contributed by atoms with E-state index in [4.69, 9.17) is 44.8 Å². The Hall–Kier alpha value is -4.71. The molecule has 8 rings (SSSR count). The molecule has 2 aliphatic rings. The molecule has 0 aliphatic carbocycles. The van der Waals surface area contributed by atoms with Crippen molar-refractivity contribution in [3.63, 3.8) is 0 Å². The van der Waals surface area contributed by atoms with Crippen LogP contribution in [0.4, 0.5) is 0 Å². The molecule has 6 aromatic carbocycles. The van der Waals surface area contributed by atoms with E-state index in [0.717, 1.165) is 39.8 Å². The van der Waals surface area contributed by atoms with E-state index < -0.39 is 36.5 Å². The number of rotatable bonds is 18. The lowest BCUT2D eigenvalue weighted by Gasteiger charge is -2.51. The molecule has 9 heteroatoms. The summed E-state index contributed by atoms with van der Waals surface area (Å²) in [5, 5.41) is 14.3. The Morgan fingerprint density at radius 3 is 1.62 bits per heavy atom. The van der Waals surface area contributed by atoms with Crippen molar-refractivity contribution in [1.82, 2.24) is 0 Å². The highest BCUT2D eigenvalue weighted by atomic mass is 35.5. The van der Waals surface area contributed by atoms with Crippen LogP contribution in [0.25, 0.3) is 0 Å². The molecule has 2 aliphatic heterocycles. The van der Waals surface area contributed by atoms with Gasteiger partial charge in [-0.1, -0.05) is 164 Å². The molecule has 0 aromatic heterocycles. The van der Waals surface area contributed by atoms with E-state index in [0.29, 0.717) is 42.4 Å². The molecular formula is C52H53ClO8. The summed E-state index contributed by atoms with van der Waals surface area (Å²) >= 11 is 7.14. The van der Waals surface area contributed by atoms with E-state index >= 15 is 0 Å². The fourth-order valence-corrected chi connectivity index (χ4v) is 8.23. The number of aryl methyl sites for hydroxylation is 1. The fraction of sp³-hybridized carbons (Fsp3) is 0.308. The smallest absolute Gasteiger partial charge is 0.223 e. The minimum atomic E-state index is -2.15. The summed E-state index contributed by atoms with van der Waals surface area (Å²) in [7, 11) is 0. The summed E-state index contributed by atoms with van der Waals surface area (Å²) in [5.74, 6) is -2.15. The molecule has 61 heavy (non-hydrogen) atoms. The SMILES string of the molecule is CCc1ccc(Cc2cc(C3(O)OC(COCc4ccccc4)C(OCc4ccccc4)C(OCc4ccccc4)C3OCc3ccccc3)c(C3OCCO3)cc2Cl)cc1. The number of benzene rings is 6. The van der Waals surface area contributed by atoms with Gasteiger partial charge in [0.15, 0.2) is 6.29 Å². The second kappa shape index (κ2) is 20.9. The van der Waals surface area contributed by atoms with Gasteiger partial charge in [0.05, 0.1) is 46.2 Å². The third-order valence-corrected chi connectivity index (χ3v) is 11.6. The first-order valence-electron chi connectivity index (χ1n) is 21.1. The molecule has 2 saturated heterocycles. The lowest BCUT2D eigenvalue weighted by atomic mass is 9.84. The predicted molar refractivity (Wildman–Crippen MR) is 235 cm³/mol. The maximum absolute atomic E-state index is 13.7. The molecule has 2 heterocycles. The summed E-state index contributed by atoms with van der Waals surface area (Å²) in [6, 6.07) is 52.0. The lowest BCUT2D eigenvalue weighted by Crippen LogP contribution is -2.66. The van der Waals surface area contributed by atoms with Crippen molar-refractivity contribution >= 4 is 11.6 Å². The predicted octanol–water partition coefficient (Wildman–Crippen LogP) is 10.1. The Balaban J connectivity index is 1.25. The second-order valence-corrected chi connectivity index (χ2v) is 16.0. The molecule has 316 valence electrons. The maximum Gasteiger partial charge on any atom is 0.223 e. The van der Waals surface area contributed by atoms with Crippen molar-refractivity contribution in [2.75, 3.05) is 19.8 Å². The highest BCUT2D eigenvalue weighted by molar-refractivity contribution is 6.31. The Labute approximate surface area is 363 Å². The summed E-state index contributed by atoms with van der Waals surface area (Å²) in [6.07, 6.45) is -2.97. The largest absolute Gasteiger partial charge is 0.374 e. The number of hydrogen-bond donors (Lipinski definition) is 1. The molecule has 0 amide bonds. The minimum Gasteiger partial charge on any atom is -0.374 e. The monoisotopic (exact) mass is 840 g/mol. The first-order chi connectivity index (χ1) is 30.0. The molecule has 0 spiro atoms. The fourth-order valence-electron chi connectivity index (χ4n) is 7.99. The normalized spacial score (nSPS) is 21.8. The number of hydrogen-bond acceptors (Lipinski definition) is 8. The van der Waals surface area contributed by atoms with E-state index in [1.54, 1.807) is 0 Å². The van der Waals surface area contributed by atoms with Gasteiger partial charge in [-0.15, -0.1) is 0 Å². The van der Waals surface area contributed by atoms with Crippen LogP contribution in [-0.4, -0.2) is 49.3 Å². The van der Waals surface area contributed by atoms with Crippen LogP contribution < -0.4 is 0 Å². The van der Waals surface area contributed by atoms with Crippen molar-refractivity contribution in [1.29, 1.82) is 0 Å². The van der Waals surface area contributed by atoms with Crippen molar-refractivity contribution in [2.45, 2.75) is 82.7 Å². The van der Waals surface area contributed by atoms with Crippen LogP contribution in [0.5, 0.6) is 0 Å². The van der Waals surface area contributed by atoms with Gasteiger partial charge in [0.25, 0.3) is 0 Å². The minimum absolute atomic E-state index is 0.0727. The average Bonchev–Trinajstić information content (AvgIpc) is 3.85. The zero-order valence-corrected chi connectivity index (χ0v) is 35.2. The zero-order chi connectivity index (χ0) is 41.9. The van der Waals surface area contributed by atoms with Crippen LogP contribution in [0.3, 0.4) is 0 Å². The first kappa shape index (κ1) is 43.0. The summed E-state index contributed by atoms with van der Waals surface area (Å²) in [6.45, 7) is 3.93. The molecule has 5 atom stereocenters. The summed E-state index contributed by atoms with van der Waals surface area (Å²) < 4.78 is 46.6. The van der Waals surface area contributed by atoms with Gasteiger partial charge in [0.2, 0.25) is 5.79 Å². The van der Waals surface area contributed by atoms with E-state index in [-0.39, 0.29) is 26.4 Å². The standard InChI is InChI=1S/C52H53ClO8/c1-2-37-23-25-38(26-24-37)29-43-30-45(44(31-46(43)53)51-56-27-28-57-51)52(54)50(60-35-42-21-13-6-14-22-42)49(59-34-41-19-11-5-12-20-41)48(58-33-40-17-9-4-10-18-40)47(61-52)36-55-32-39-15-7-3-8-16-39/h3-26,30-31,47-51,54H,2,27-29,32-36H2,1H3. The van der Waals surface area contributed by atoms with Crippen molar-refractivity contribution in [3.05, 3.63) is 213 Å². The van der Waals surface area contributed by atoms with E-state index in [9.17, 15) is 5.11 Å². The molecule has 6 aromatic rings. The Bertz CT molecular complexity index is 2240. The Morgan fingerprint density at radius 2 is 1.08 bits per heavy atom. The van der Waals surface area contributed by atoms with E-state index in [1.807, 2.05) is 133 Å².